The molecule has 98 valence electrons. The lowest BCUT2D eigenvalue weighted by Gasteiger charge is -2.28. The van der Waals surface area contributed by atoms with Gasteiger partial charge in [0, 0.05) is 37.5 Å². The van der Waals surface area contributed by atoms with Crippen molar-refractivity contribution >= 4 is 24.2 Å². The molecule has 6 heteroatoms. The second-order valence-electron chi connectivity index (χ2n) is 4.88. The molecule has 0 saturated carbocycles. The molecule has 2 aliphatic heterocycles. The first-order chi connectivity index (χ1) is 7.58. The molecule has 2 heterocycles. The quantitative estimate of drug-likeness (QED) is 0.736. The molecule has 2 amide bonds. The van der Waals surface area contributed by atoms with Gasteiger partial charge in [0.25, 0.3) is 0 Å². The van der Waals surface area contributed by atoms with Gasteiger partial charge in [0.1, 0.15) is 0 Å². The fourth-order valence-electron chi connectivity index (χ4n) is 2.67. The fraction of sp³-hybridized carbons (Fsp3) is 0.818. The summed E-state index contributed by atoms with van der Waals surface area (Å²) >= 11 is 0. The van der Waals surface area contributed by atoms with E-state index in [4.69, 9.17) is 5.73 Å². The number of nitrogens with one attached hydrogen (secondary N) is 1. The van der Waals surface area contributed by atoms with E-state index in [1.807, 2.05) is 11.8 Å². The van der Waals surface area contributed by atoms with Crippen molar-refractivity contribution < 1.29 is 9.59 Å². The van der Waals surface area contributed by atoms with Gasteiger partial charge in [0.2, 0.25) is 11.8 Å². The highest BCUT2D eigenvalue weighted by molar-refractivity contribution is 5.85. The number of carbonyl (C=O) groups is 2. The maximum absolute atomic E-state index is 12.0. The molecule has 2 fully saturated rings. The highest BCUT2D eigenvalue weighted by Gasteiger charge is 2.39. The van der Waals surface area contributed by atoms with Crippen LogP contribution in [-0.2, 0) is 9.59 Å². The van der Waals surface area contributed by atoms with E-state index in [0.717, 1.165) is 12.8 Å². The minimum absolute atomic E-state index is 0. The van der Waals surface area contributed by atoms with Crippen LogP contribution >= 0.6 is 12.4 Å². The maximum Gasteiger partial charge on any atom is 0.224 e. The third-order valence-corrected chi connectivity index (χ3v) is 3.36. The first-order valence-electron chi connectivity index (χ1n) is 5.91. The minimum Gasteiger partial charge on any atom is -0.354 e. The van der Waals surface area contributed by atoms with E-state index in [2.05, 4.69) is 5.32 Å². The van der Waals surface area contributed by atoms with E-state index in [-0.39, 0.29) is 42.3 Å². The molecule has 0 aromatic heterocycles. The van der Waals surface area contributed by atoms with Crippen LogP contribution in [0.1, 0.15) is 32.6 Å². The Hall–Kier alpha value is -0.810. The first kappa shape index (κ1) is 14.3. The van der Waals surface area contributed by atoms with Gasteiger partial charge in [0.15, 0.2) is 0 Å². The number of fused-ring (bicyclic) bond motifs is 2. The average molecular weight is 262 g/mol. The number of amides is 2. The highest BCUT2D eigenvalue weighted by Crippen LogP contribution is 2.28. The van der Waals surface area contributed by atoms with Crippen molar-refractivity contribution in [2.45, 2.75) is 50.7 Å². The number of rotatable bonds is 2. The van der Waals surface area contributed by atoms with Crippen molar-refractivity contribution in [1.82, 2.24) is 10.2 Å². The zero-order valence-corrected chi connectivity index (χ0v) is 10.8. The van der Waals surface area contributed by atoms with Gasteiger partial charge < -0.3 is 16.0 Å². The van der Waals surface area contributed by atoms with Crippen LogP contribution in [0.4, 0.5) is 0 Å². The molecule has 0 spiro atoms. The van der Waals surface area contributed by atoms with Crippen LogP contribution in [0.3, 0.4) is 0 Å². The molecule has 0 aromatic rings. The lowest BCUT2D eigenvalue weighted by molar-refractivity contribution is -0.134. The van der Waals surface area contributed by atoms with Crippen molar-refractivity contribution in [2.24, 2.45) is 5.73 Å². The van der Waals surface area contributed by atoms with Crippen molar-refractivity contribution in [3.8, 4) is 0 Å². The van der Waals surface area contributed by atoms with Gasteiger partial charge in [-0.15, -0.1) is 12.4 Å². The summed E-state index contributed by atoms with van der Waals surface area (Å²) in [6.07, 6.45) is 2.76. The molecule has 2 saturated heterocycles. The van der Waals surface area contributed by atoms with Crippen molar-refractivity contribution in [1.29, 1.82) is 0 Å². The molecular weight excluding hydrogens is 242 g/mol. The Bertz CT molecular complexity index is 309. The largest absolute Gasteiger partial charge is 0.354 e. The Balaban J connectivity index is 0.00000144. The highest BCUT2D eigenvalue weighted by atomic mass is 35.5. The average Bonchev–Trinajstić information content (AvgIpc) is 2.47. The van der Waals surface area contributed by atoms with Gasteiger partial charge in [-0.1, -0.05) is 0 Å². The molecule has 5 nitrogen and oxygen atoms in total. The van der Waals surface area contributed by atoms with Crippen LogP contribution in [0.25, 0.3) is 0 Å². The molecule has 3 atom stereocenters. The molecule has 0 radical (unpaired) electrons. The summed E-state index contributed by atoms with van der Waals surface area (Å²) in [5, 5.41) is 2.85. The van der Waals surface area contributed by atoms with Crippen LogP contribution in [0.2, 0.25) is 0 Å². The molecule has 3 unspecified atom stereocenters. The summed E-state index contributed by atoms with van der Waals surface area (Å²) in [4.78, 5) is 25.3. The summed E-state index contributed by atoms with van der Waals surface area (Å²) in [6.45, 7) is 2.43. The molecule has 0 aliphatic carbocycles. The number of carbonyl (C=O) groups excluding carboxylic acids is 2. The van der Waals surface area contributed by atoms with E-state index in [0.29, 0.717) is 19.4 Å². The third-order valence-electron chi connectivity index (χ3n) is 3.36. The SMILES string of the molecule is CC(N)CC(=O)N1C2CCC1CC(=O)NC2.Cl. The second-order valence-corrected chi connectivity index (χ2v) is 4.88. The lowest BCUT2D eigenvalue weighted by atomic mass is 10.1. The van der Waals surface area contributed by atoms with Gasteiger partial charge in [0.05, 0.1) is 0 Å². The zero-order valence-electron chi connectivity index (χ0n) is 10.0. The number of nitrogens with zero attached hydrogens (tertiary/aromatic N) is 1. The lowest BCUT2D eigenvalue weighted by Crippen LogP contribution is -2.44. The summed E-state index contributed by atoms with van der Waals surface area (Å²) < 4.78 is 0. The molecule has 2 aliphatic rings. The summed E-state index contributed by atoms with van der Waals surface area (Å²) in [5.41, 5.74) is 5.65. The van der Waals surface area contributed by atoms with Gasteiger partial charge >= 0.3 is 0 Å². The second kappa shape index (κ2) is 5.69. The summed E-state index contributed by atoms with van der Waals surface area (Å²) in [7, 11) is 0. The maximum atomic E-state index is 12.0. The predicted octanol–water partition coefficient (Wildman–Crippen LogP) is 0.0250. The minimum atomic E-state index is -0.112. The molecule has 2 rings (SSSR count). The van der Waals surface area contributed by atoms with E-state index >= 15 is 0 Å². The van der Waals surface area contributed by atoms with Gasteiger partial charge in [-0.05, 0) is 19.8 Å². The zero-order chi connectivity index (χ0) is 11.7. The topological polar surface area (TPSA) is 75.4 Å². The summed E-state index contributed by atoms with van der Waals surface area (Å²) in [5.74, 6) is 0.157. The molecular formula is C11H20ClN3O2. The van der Waals surface area contributed by atoms with Crippen molar-refractivity contribution in [2.75, 3.05) is 6.54 Å². The molecule has 0 aromatic carbocycles. The smallest absolute Gasteiger partial charge is 0.224 e. The van der Waals surface area contributed by atoms with Crippen LogP contribution in [-0.4, -0.2) is 41.4 Å². The predicted molar refractivity (Wildman–Crippen MR) is 66.8 cm³/mol. The van der Waals surface area contributed by atoms with Gasteiger partial charge in [-0.3, -0.25) is 9.59 Å². The van der Waals surface area contributed by atoms with Crippen LogP contribution in [0, 0.1) is 0 Å². The number of hydrogen-bond acceptors (Lipinski definition) is 3. The number of nitrogens with two attached hydrogens (primary N) is 1. The van der Waals surface area contributed by atoms with E-state index in [1.54, 1.807) is 0 Å². The van der Waals surface area contributed by atoms with Gasteiger partial charge in [-0.2, -0.15) is 0 Å². The number of halogens is 1. The standard InChI is InChI=1S/C11H19N3O2.ClH/c1-7(12)4-11(16)14-8-2-3-9(14)6-13-10(15)5-8;/h7-9H,2-6,12H2,1H3,(H,13,15);1H. The Morgan fingerprint density at radius 2 is 2.18 bits per heavy atom. The van der Waals surface area contributed by atoms with Crippen molar-refractivity contribution in [3.05, 3.63) is 0 Å². The van der Waals surface area contributed by atoms with Gasteiger partial charge in [-0.25, -0.2) is 0 Å². The summed E-state index contributed by atoms with van der Waals surface area (Å²) in [6, 6.07) is 0.167. The Morgan fingerprint density at radius 1 is 1.53 bits per heavy atom. The first-order valence-corrected chi connectivity index (χ1v) is 5.91. The Labute approximate surface area is 108 Å². The third kappa shape index (κ3) is 3.10. The molecule has 3 N–H and O–H groups in total. The van der Waals surface area contributed by atoms with E-state index < -0.39 is 0 Å². The molecule has 2 bridgehead atoms. The van der Waals surface area contributed by atoms with Crippen LogP contribution < -0.4 is 11.1 Å². The van der Waals surface area contributed by atoms with E-state index in [1.165, 1.54) is 0 Å². The van der Waals surface area contributed by atoms with Crippen LogP contribution in [0.5, 0.6) is 0 Å². The van der Waals surface area contributed by atoms with Crippen molar-refractivity contribution in [3.63, 3.8) is 0 Å². The van der Waals surface area contributed by atoms with Crippen LogP contribution in [0.15, 0.2) is 0 Å². The Kier molecular flexibility index (Phi) is 4.77. The monoisotopic (exact) mass is 261 g/mol. The molecule has 17 heavy (non-hydrogen) atoms. The Morgan fingerprint density at radius 3 is 2.82 bits per heavy atom. The normalized spacial score (nSPS) is 29.1. The fourth-order valence-corrected chi connectivity index (χ4v) is 2.67. The van der Waals surface area contributed by atoms with E-state index in [9.17, 15) is 9.59 Å². The number of hydrogen-bond donors (Lipinski definition) is 2.